The molecule has 0 radical (unpaired) electrons. The highest BCUT2D eigenvalue weighted by Gasteiger charge is 2.40. The summed E-state index contributed by atoms with van der Waals surface area (Å²) in [5.41, 5.74) is 1.18. The number of aliphatic hydroxyl groups is 1. The molecule has 0 aromatic rings. The lowest BCUT2D eigenvalue weighted by atomic mass is 9.80. The van der Waals surface area contributed by atoms with E-state index >= 15 is 0 Å². The first-order valence-corrected chi connectivity index (χ1v) is 10.3. The van der Waals surface area contributed by atoms with Crippen LogP contribution in [0.15, 0.2) is 9.66 Å². The summed E-state index contributed by atoms with van der Waals surface area (Å²) in [6.07, 6.45) is 0.584. The van der Waals surface area contributed by atoms with Gasteiger partial charge in [0.15, 0.2) is 0 Å². The first-order valence-electron chi connectivity index (χ1n) is 6.58. The molecule has 1 heterocycles. The summed E-state index contributed by atoms with van der Waals surface area (Å²) in [7, 11) is 1.22. The predicted octanol–water partition coefficient (Wildman–Crippen LogP) is 2.92. The van der Waals surface area contributed by atoms with Crippen molar-refractivity contribution in [1.82, 2.24) is 0 Å². The van der Waals surface area contributed by atoms with E-state index in [1.165, 1.54) is 5.57 Å². The number of aliphatic hydroxyl groups excluding tert-OH is 1. The molecule has 1 aliphatic rings. The summed E-state index contributed by atoms with van der Waals surface area (Å²) in [6, 6.07) is 0. The van der Waals surface area contributed by atoms with Crippen molar-refractivity contribution in [2.24, 2.45) is 11.8 Å². The van der Waals surface area contributed by atoms with Gasteiger partial charge in [-0.2, -0.15) is 12.2 Å². The van der Waals surface area contributed by atoms with Crippen LogP contribution < -0.4 is 0 Å². The maximum Gasteiger partial charge on any atom is 0.310 e. The van der Waals surface area contributed by atoms with Crippen LogP contribution in [0.4, 0.5) is 0 Å². The molecule has 0 bridgehead atoms. The molecule has 19 heavy (non-hydrogen) atoms. The van der Waals surface area contributed by atoms with Crippen molar-refractivity contribution in [3.63, 3.8) is 0 Å². The molecule has 1 saturated heterocycles. The van der Waals surface area contributed by atoms with Crippen molar-refractivity contribution >= 4 is 49.7 Å². The van der Waals surface area contributed by atoms with E-state index in [1.807, 2.05) is 4.08 Å². The van der Waals surface area contributed by atoms with Gasteiger partial charge in [0.1, 0.15) is 0 Å². The number of hydrogen-bond donors (Lipinski definition) is 2. The minimum atomic E-state index is -0.318. The summed E-state index contributed by atoms with van der Waals surface area (Å²) in [6.45, 7) is 6.85. The smallest absolute Gasteiger partial charge is 0.310 e. The molecule has 1 aliphatic heterocycles. The van der Waals surface area contributed by atoms with Crippen molar-refractivity contribution in [2.75, 3.05) is 6.61 Å². The van der Waals surface area contributed by atoms with Crippen LogP contribution in [0.25, 0.3) is 0 Å². The van der Waals surface area contributed by atoms with Crippen LogP contribution in [0.2, 0.25) is 0 Å². The lowest BCUT2D eigenvalue weighted by Crippen LogP contribution is -2.49. The summed E-state index contributed by atoms with van der Waals surface area (Å²) in [4.78, 5) is 0. The highest BCUT2D eigenvalue weighted by atomic mass is 127. The van der Waals surface area contributed by atoms with E-state index in [2.05, 4.69) is 55.6 Å². The maximum atomic E-state index is 10.4. The standard InChI is InChI=1S/C12H23BIO3PS/c1-7(6-14)12-9(3)11(15)8(2)10(17-12)4-5-16-13-18-19/h6,8-13,15,18-19H,4-5H2,1-3H3/b7-6+/t8-,9+,10+,11-,12-/m0/s1. The fraction of sp³-hybridized carbons (Fsp3) is 0.833. The molecule has 0 amide bonds. The number of thiol groups is 1. The Kier molecular flexibility index (Phi) is 8.89. The maximum absolute atomic E-state index is 10.4. The van der Waals surface area contributed by atoms with Gasteiger partial charge in [-0.05, 0) is 23.0 Å². The van der Waals surface area contributed by atoms with Gasteiger partial charge in [-0.3, -0.25) is 0 Å². The molecule has 0 aliphatic carbocycles. The van der Waals surface area contributed by atoms with Gasteiger partial charge in [0.05, 0.1) is 18.3 Å². The van der Waals surface area contributed by atoms with E-state index < -0.39 is 0 Å². The number of ether oxygens (including phenoxy) is 1. The van der Waals surface area contributed by atoms with Crippen LogP contribution in [0.3, 0.4) is 0 Å². The number of hydrogen-bond acceptors (Lipinski definition) is 4. The van der Waals surface area contributed by atoms with Gasteiger partial charge in [-0.15, -0.1) is 0 Å². The van der Waals surface area contributed by atoms with Gasteiger partial charge >= 0.3 is 7.20 Å². The number of rotatable bonds is 6. The first kappa shape index (κ1) is 18.2. The van der Waals surface area contributed by atoms with Gasteiger partial charge in [0.25, 0.3) is 0 Å². The van der Waals surface area contributed by atoms with Crippen LogP contribution in [0.5, 0.6) is 0 Å². The monoisotopic (exact) mass is 416 g/mol. The second-order valence-corrected chi connectivity index (χ2v) is 7.33. The Bertz CT molecular complexity index is 309. The van der Waals surface area contributed by atoms with Crippen LogP contribution in [0, 0.1) is 11.8 Å². The van der Waals surface area contributed by atoms with Gasteiger partial charge in [0.2, 0.25) is 0 Å². The SMILES string of the molecule is C/C(=C\I)[C@@H]1O[C@H](CCOBPS)[C@H](C)[C@H](O)[C@H]1C. The van der Waals surface area contributed by atoms with E-state index in [9.17, 15) is 5.11 Å². The molecular weight excluding hydrogens is 393 g/mol. The molecule has 1 unspecified atom stereocenters. The molecule has 110 valence electrons. The van der Waals surface area contributed by atoms with Crippen molar-refractivity contribution in [3.05, 3.63) is 9.66 Å². The fourth-order valence-electron chi connectivity index (χ4n) is 2.55. The van der Waals surface area contributed by atoms with Crippen LogP contribution in [-0.2, 0) is 9.39 Å². The first-order chi connectivity index (χ1) is 9.02. The highest BCUT2D eigenvalue weighted by molar-refractivity contribution is 14.1. The third-order valence-electron chi connectivity index (χ3n) is 3.80. The van der Waals surface area contributed by atoms with Gasteiger partial charge in [0, 0.05) is 18.4 Å². The van der Waals surface area contributed by atoms with Gasteiger partial charge in [-0.1, -0.05) is 44.1 Å². The molecular formula is C12H23BIO3PS. The van der Waals surface area contributed by atoms with Crippen molar-refractivity contribution in [2.45, 2.75) is 45.5 Å². The molecule has 7 heteroatoms. The Balaban J connectivity index is 2.60. The average molecular weight is 416 g/mol. The van der Waals surface area contributed by atoms with E-state index in [0.29, 0.717) is 21.5 Å². The summed E-state index contributed by atoms with van der Waals surface area (Å²) in [5, 5.41) is 10.4. The zero-order chi connectivity index (χ0) is 14.4. The third-order valence-corrected chi connectivity index (χ3v) is 5.50. The van der Waals surface area contributed by atoms with E-state index in [0.717, 1.165) is 6.42 Å². The third kappa shape index (κ3) is 5.15. The normalized spacial score (nSPS) is 36.9. The van der Waals surface area contributed by atoms with Crippen LogP contribution >= 0.6 is 42.5 Å². The average Bonchev–Trinajstić information content (AvgIpc) is 2.42. The topological polar surface area (TPSA) is 38.7 Å². The molecule has 0 aromatic heterocycles. The zero-order valence-electron chi connectivity index (χ0n) is 11.7. The van der Waals surface area contributed by atoms with Crippen LogP contribution in [-0.4, -0.2) is 37.2 Å². The molecule has 0 saturated carbocycles. The second-order valence-electron chi connectivity index (χ2n) is 5.16. The van der Waals surface area contributed by atoms with Crippen molar-refractivity contribution in [3.8, 4) is 0 Å². The second kappa shape index (κ2) is 9.26. The number of halogens is 1. The Morgan fingerprint density at radius 1 is 1.53 bits per heavy atom. The Morgan fingerprint density at radius 3 is 2.79 bits per heavy atom. The molecule has 1 fully saturated rings. The van der Waals surface area contributed by atoms with E-state index in [4.69, 9.17) is 9.39 Å². The molecule has 3 nitrogen and oxygen atoms in total. The Hall–Kier alpha value is 1.19. The predicted molar refractivity (Wildman–Crippen MR) is 95.8 cm³/mol. The minimum Gasteiger partial charge on any atom is -0.434 e. The fourth-order valence-corrected chi connectivity index (χ4v) is 3.41. The summed E-state index contributed by atoms with van der Waals surface area (Å²) in [5.74, 6) is 0.285. The van der Waals surface area contributed by atoms with Crippen LogP contribution in [0.1, 0.15) is 27.2 Å². The minimum absolute atomic E-state index is 0.0138. The summed E-state index contributed by atoms with van der Waals surface area (Å²) >= 11 is 6.37. The Labute approximate surface area is 137 Å². The summed E-state index contributed by atoms with van der Waals surface area (Å²) < 4.78 is 13.7. The Morgan fingerprint density at radius 2 is 2.21 bits per heavy atom. The zero-order valence-corrected chi connectivity index (χ0v) is 15.7. The molecule has 0 aromatic carbocycles. The van der Waals surface area contributed by atoms with Crippen molar-refractivity contribution in [1.29, 1.82) is 0 Å². The lowest BCUT2D eigenvalue weighted by Gasteiger charge is -2.43. The van der Waals surface area contributed by atoms with Gasteiger partial charge < -0.3 is 14.5 Å². The van der Waals surface area contributed by atoms with E-state index in [-0.39, 0.29) is 30.1 Å². The molecule has 6 atom stereocenters. The van der Waals surface area contributed by atoms with E-state index in [1.54, 1.807) is 0 Å². The molecule has 1 N–H and O–H groups in total. The molecule has 1 rings (SSSR count). The molecule has 0 spiro atoms. The van der Waals surface area contributed by atoms with Gasteiger partial charge in [-0.25, -0.2) is 0 Å². The van der Waals surface area contributed by atoms with Crippen molar-refractivity contribution < 1.29 is 14.5 Å². The largest absolute Gasteiger partial charge is 0.434 e. The quantitative estimate of drug-likeness (QED) is 0.230. The highest BCUT2D eigenvalue weighted by Crippen LogP contribution is 2.35. The lowest BCUT2D eigenvalue weighted by molar-refractivity contribution is -0.153.